The minimum absolute atomic E-state index is 0.175. The van der Waals surface area contributed by atoms with Gasteiger partial charge in [0.15, 0.2) is 0 Å². The fourth-order valence-corrected chi connectivity index (χ4v) is 3.13. The summed E-state index contributed by atoms with van der Waals surface area (Å²) in [6, 6.07) is 11.8. The van der Waals surface area contributed by atoms with Crippen LogP contribution in [0, 0.1) is 6.92 Å². The van der Waals surface area contributed by atoms with E-state index >= 15 is 0 Å². The number of carbonyl (C=O) groups is 1. The van der Waals surface area contributed by atoms with Crippen molar-refractivity contribution in [3.63, 3.8) is 0 Å². The zero-order valence-electron chi connectivity index (χ0n) is 15.7. The molecule has 1 N–H and O–H groups in total. The Bertz CT molecular complexity index is 799. The Balaban J connectivity index is 2.12. The SMILES string of the molecule is CCN(CC)c1ccc(NC(=O)/C=C/c2cc(Br)ccc2OC)c(C)c1. The molecule has 138 valence electrons. The maximum Gasteiger partial charge on any atom is 0.248 e. The van der Waals surface area contributed by atoms with Gasteiger partial charge in [-0.1, -0.05) is 15.9 Å². The van der Waals surface area contributed by atoms with Gasteiger partial charge in [0.05, 0.1) is 7.11 Å². The standard InChI is InChI=1S/C21H25BrN2O2/c1-5-24(6-2)18-9-10-19(15(3)13-18)23-21(25)12-7-16-14-17(22)8-11-20(16)26-4/h7-14H,5-6H2,1-4H3,(H,23,25)/b12-7+. The first kappa shape index (κ1) is 20.0. The number of rotatable bonds is 7. The predicted molar refractivity (Wildman–Crippen MR) is 113 cm³/mol. The molecule has 0 spiro atoms. The summed E-state index contributed by atoms with van der Waals surface area (Å²) in [4.78, 5) is 14.6. The first-order valence-electron chi connectivity index (χ1n) is 8.66. The van der Waals surface area contributed by atoms with Crippen molar-refractivity contribution in [3.05, 3.63) is 58.1 Å². The summed E-state index contributed by atoms with van der Waals surface area (Å²) in [5.41, 5.74) is 3.86. The highest BCUT2D eigenvalue weighted by Gasteiger charge is 2.07. The van der Waals surface area contributed by atoms with E-state index in [1.807, 2.05) is 37.3 Å². The van der Waals surface area contributed by atoms with Crippen LogP contribution in [0.2, 0.25) is 0 Å². The van der Waals surface area contributed by atoms with Crippen molar-refractivity contribution in [1.82, 2.24) is 0 Å². The summed E-state index contributed by atoms with van der Waals surface area (Å²) >= 11 is 3.43. The van der Waals surface area contributed by atoms with Gasteiger partial charge in [-0.15, -0.1) is 0 Å². The average Bonchev–Trinajstić information content (AvgIpc) is 2.63. The van der Waals surface area contributed by atoms with Crippen LogP contribution in [0.25, 0.3) is 6.08 Å². The number of hydrogen-bond donors (Lipinski definition) is 1. The van der Waals surface area contributed by atoms with Gasteiger partial charge in [-0.25, -0.2) is 0 Å². The third-order valence-electron chi connectivity index (χ3n) is 4.20. The molecular formula is C21H25BrN2O2. The number of benzene rings is 2. The molecule has 5 heteroatoms. The summed E-state index contributed by atoms with van der Waals surface area (Å²) in [5.74, 6) is 0.544. The van der Waals surface area contributed by atoms with Crippen molar-refractivity contribution in [2.45, 2.75) is 20.8 Å². The van der Waals surface area contributed by atoms with Crippen molar-refractivity contribution in [2.24, 2.45) is 0 Å². The number of ether oxygens (including phenoxy) is 1. The van der Waals surface area contributed by atoms with Crippen LogP contribution in [0.5, 0.6) is 5.75 Å². The maximum atomic E-state index is 12.3. The summed E-state index contributed by atoms with van der Waals surface area (Å²) in [6.45, 7) is 8.19. The van der Waals surface area contributed by atoms with Gasteiger partial charge in [-0.05, 0) is 68.8 Å². The van der Waals surface area contributed by atoms with Crippen molar-refractivity contribution in [3.8, 4) is 5.75 Å². The quantitative estimate of drug-likeness (QED) is 0.625. The molecular weight excluding hydrogens is 392 g/mol. The molecule has 2 aromatic rings. The number of anilines is 2. The molecule has 0 heterocycles. The highest BCUT2D eigenvalue weighted by molar-refractivity contribution is 9.10. The van der Waals surface area contributed by atoms with Gasteiger partial charge in [0.25, 0.3) is 0 Å². The van der Waals surface area contributed by atoms with Crippen LogP contribution in [-0.2, 0) is 4.79 Å². The highest BCUT2D eigenvalue weighted by atomic mass is 79.9. The van der Waals surface area contributed by atoms with E-state index in [9.17, 15) is 4.79 Å². The number of nitrogens with one attached hydrogen (secondary N) is 1. The molecule has 0 bridgehead atoms. The van der Waals surface area contributed by atoms with Crippen LogP contribution in [0.3, 0.4) is 0 Å². The normalized spacial score (nSPS) is 10.8. The molecule has 2 aromatic carbocycles. The van der Waals surface area contributed by atoms with Crippen molar-refractivity contribution in [2.75, 3.05) is 30.4 Å². The maximum absolute atomic E-state index is 12.3. The molecule has 0 radical (unpaired) electrons. The van der Waals surface area contributed by atoms with Gasteiger partial charge in [-0.3, -0.25) is 4.79 Å². The average molecular weight is 417 g/mol. The first-order chi connectivity index (χ1) is 12.5. The monoisotopic (exact) mass is 416 g/mol. The highest BCUT2D eigenvalue weighted by Crippen LogP contribution is 2.25. The number of aryl methyl sites for hydroxylation is 1. The molecule has 0 aromatic heterocycles. The Morgan fingerprint density at radius 1 is 1.19 bits per heavy atom. The molecule has 4 nitrogen and oxygen atoms in total. The second kappa shape index (κ2) is 9.43. The van der Waals surface area contributed by atoms with Gasteiger partial charge in [0.2, 0.25) is 5.91 Å². The number of hydrogen-bond acceptors (Lipinski definition) is 3. The third-order valence-corrected chi connectivity index (χ3v) is 4.70. The molecule has 0 saturated carbocycles. The van der Waals surface area contributed by atoms with Gasteiger partial charge in [-0.2, -0.15) is 0 Å². The van der Waals surface area contributed by atoms with E-state index < -0.39 is 0 Å². The van der Waals surface area contributed by atoms with E-state index in [1.54, 1.807) is 13.2 Å². The minimum Gasteiger partial charge on any atom is -0.496 e. The van der Waals surface area contributed by atoms with Crippen LogP contribution < -0.4 is 15.0 Å². The van der Waals surface area contributed by atoms with Crippen LogP contribution in [0.1, 0.15) is 25.0 Å². The largest absolute Gasteiger partial charge is 0.496 e. The Morgan fingerprint density at radius 3 is 2.54 bits per heavy atom. The minimum atomic E-state index is -0.175. The molecule has 0 aliphatic heterocycles. The Hall–Kier alpha value is -2.27. The van der Waals surface area contributed by atoms with Crippen LogP contribution in [-0.4, -0.2) is 26.1 Å². The molecule has 2 rings (SSSR count). The van der Waals surface area contributed by atoms with E-state index in [1.165, 1.54) is 11.8 Å². The second-order valence-electron chi connectivity index (χ2n) is 5.88. The first-order valence-corrected chi connectivity index (χ1v) is 9.46. The second-order valence-corrected chi connectivity index (χ2v) is 6.80. The third kappa shape index (κ3) is 5.11. The van der Waals surface area contributed by atoms with Gasteiger partial charge in [0.1, 0.15) is 5.75 Å². The zero-order valence-corrected chi connectivity index (χ0v) is 17.3. The Morgan fingerprint density at radius 2 is 1.92 bits per heavy atom. The molecule has 0 saturated heterocycles. The summed E-state index contributed by atoms with van der Waals surface area (Å²) < 4.78 is 6.25. The predicted octanol–water partition coefficient (Wildman–Crippen LogP) is 5.26. The lowest BCUT2D eigenvalue weighted by atomic mass is 10.1. The molecule has 1 amide bonds. The van der Waals surface area contributed by atoms with Crippen molar-refractivity contribution < 1.29 is 9.53 Å². The van der Waals surface area contributed by atoms with Crippen LogP contribution in [0.4, 0.5) is 11.4 Å². The van der Waals surface area contributed by atoms with E-state index in [0.717, 1.165) is 40.1 Å². The fraction of sp³-hybridized carbons (Fsp3) is 0.286. The number of nitrogens with zero attached hydrogens (tertiary/aromatic N) is 1. The topological polar surface area (TPSA) is 41.6 Å². The van der Waals surface area contributed by atoms with Gasteiger partial charge >= 0.3 is 0 Å². The Kier molecular flexibility index (Phi) is 7.27. The lowest BCUT2D eigenvalue weighted by Crippen LogP contribution is -2.22. The molecule has 26 heavy (non-hydrogen) atoms. The number of methoxy groups -OCH3 is 1. The van der Waals surface area contributed by atoms with Crippen LogP contribution in [0.15, 0.2) is 46.9 Å². The lowest BCUT2D eigenvalue weighted by Gasteiger charge is -2.22. The van der Waals surface area contributed by atoms with E-state index in [4.69, 9.17) is 4.74 Å². The van der Waals surface area contributed by atoms with E-state index in [2.05, 4.69) is 46.1 Å². The number of halogens is 1. The molecule has 0 aliphatic rings. The molecule has 0 aliphatic carbocycles. The van der Waals surface area contributed by atoms with Gasteiger partial charge in [0, 0.05) is 40.6 Å². The van der Waals surface area contributed by atoms with E-state index in [0.29, 0.717) is 0 Å². The summed E-state index contributed by atoms with van der Waals surface area (Å²) in [7, 11) is 1.61. The van der Waals surface area contributed by atoms with Crippen LogP contribution >= 0.6 is 15.9 Å². The summed E-state index contributed by atoms with van der Waals surface area (Å²) in [5, 5.41) is 2.94. The van der Waals surface area contributed by atoms with Gasteiger partial charge < -0.3 is 15.0 Å². The lowest BCUT2D eigenvalue weighted by molar-refractivity contribution is -0.111. The van der Waals surface area contributed by atoms with E-state index in [-0.39, 0.29) is 5.91 Å². The number of carbonyl (C=O) groups excluding carboxylic acids is 1. The zero-order chi connectivity index (χ0) is 19.1. The van der Waals surface area contributed by atoms with Crippen molar-refractivity contribution >= 4 is 39.3 Å². The molecule has 0 atom stereocenters. The molecule has 0 unspecified atom stereocenters. The molecule has 0 fully saturated rings. The Labute approximate surface area is 164 Å². The fourth-order valence-electron chi connectivity index (χ4n) is 2.75. The van der Waals surface area contributed by atoms with Crippen molar-refractivity contribution in [1.29, 1.82) is 0 Å². The number of amides is 1. The smallest absolute Gasteiger partial charge is 0.248 e. The summed E-state index contributed by atoms with van der Waals surface area (Å²) in [6.07, 6.45) is 3.26.